The Morgan fingerprint density at radius 3 is 2.78 bits per heavy atom. The molecule has 3 rings (SSSR count). The fourth-order valence-corrected chi connectivity index (χ4v) is 2.29. The number of halogens is 2. The maximum absolute atomic E-state index is 14.0. The van der Waals surface area contributed by atoms with Gasteiger partial charge >= 0.3 is 5.69 Å². The number of nitrogens with zero attached hydrogens (tertiary/aromatic N) is 1. The fraction of sp³-hybridized carbons (Fsp3) is 0.100. The molecule has 0 bridgehead atoms. The summed E-state index contributed by atoms with van der Waals surface area (Å²) < 4.78 is 19.4. The maximum atomic E-state index is 14.0. The molecule has 0 radical (unpaired) electrons. The molecule has 6 nitrogen and oxygen atoms in total. The summed E-state index contributed by atoms with van der Waals surface area (Å²) in [5, 5.41) is -0.0640. The van der Waals surface area contributed by atoms with Crippen molar-refractivity contribution in [3.05, 3.63) is 37.0 Å². The second-order valence-corrected chi connectivity index (χ2v) is 4.49. The number of rotatable bonds is 0. The van der Waals surface area contributed by atoms with Gasteiger partial charge in [-0.05, 0) is 15.9 Å². The largest absolute Gasteiger partial charge is 0.440 e. The van der Waals surface area contributed by atoms with E-state index >= 15 is 0 Å². The van der Waals surface area contributed by atoms with Crippen molar-refractivity contribution >= 4 is 37.9 Å². The second-order valence-electron chi connectivity index (χ2n) is 3.70. The zero-order valence-electron chi connectivity index (χ0n) is 8.93. The molecule has 0 fully saturated rings. The van der Waals surface area contributed by atoms with Crippen molar-refractivity contribution in [2.75, 3.05) is 0 Å². The minimum absolute atomic E-state index is 0.0445. The van der Waals surface area contributed by atoms with E-state index < -0.39 is 17.1 Å². The van der Waals surface area contributed by atoms with Crippen molar-refractivity contribution in [1.82, 2.24) is 15.0 Å². The van der Waals surface area contributed by atoms with Crippen molar-refractivity contribution in [2.45, 2.75) is 6.92 Å². The van der Waals surface area contributed by atoms with Gasteiger partial charge in [0.05, 0.1) is 9.99 Å². The van der Waals surface area contributed by atoms with Gasteiger partial charge in [-0.2, -0.15) is 0 Å². The van der Waals surface area contributed by atoms with E-state index in [2.05, 4.69) is 25.9 Å². The summed E-state index contributed by atoms with van der Waals surface area (Å²) in [6.07, 6.45) is 0. The van der Waals surface area contributed by atoms with Crippen molar-refractivity contribution in [3.63, 3.8) is 0 Å². The highest BCUT2D eigenvalue weighted by Gasteiger charge is 2.20. The number of aromatic amines is 2. The first-order chi connectivity index (χ1) is 8.49. The van der Waals surface area contributed by atoms with Crippen LogP contribution in [0.1, 0.15) is 5.89 Å². The zero-order valence-corrected chi connectivity index (χ0v) is 10.5. The van der Waals surface area contributed by atoms with Crippen LogP contribution in [-0.2, 0) is 0 Å². The molecule has 0 aliphatic rings. The Bertz CT molecular complexity index is 908. The summed E-state index contributed by atoms with van der Waals surface area (Å²) in [7, 11) is 0. The van der Waals surface area contributed by atoms with Gasteiger partial charge in [0.1, 0.15) is 10.9 Å². The van der Waals surface area contributed by atoms with Crippen LogP contribution in [0, 0.1) is 12.7 Å². The van der Waals surface area contributed by atoms with E-state index in [1.807, 2.05) is 4.98 Å². The topological polar surface area (TPSA) is 91.8 Å². The molecule has 3 aromatic rings. The standard InChI is InChI=1S/C10H5BrFN3O3/c1-2-13-7-4(11)5(12)6-3(8(7)18-2)9(16)15-10(17)14-6/h1H3,(H2,14,15,16,17). The smallest absolute Gasteiger partial charge is 0.326 e. The Labute approximate surface area is 106 Å². The van der Waals surface area contributed by atoms with E-state index in [0.29, 0.717) is 5.89 Å². The van der Waals surface area contributed by atoms with Gasteiger partial charge in [-0.15, -0.1) is 0 Å². The van der Waals surface area contributed by atoms with Crippen LogP contribution in [0.4, 0.5) is 4.39 Å². The molecule has 0 aliphatic heterocycles. The lowest BCUT2D eigenvalue weighted by atomic mass is 10.2. The van der Waals surface area contributed by atoms with Gasteiger partial charge in [-0.25, -0.2) is 14.2 Å². The van der Waals surface area contributed by atoms with Crippen LogP contribution in [0.25, 0.3) is 22.0 Å². The Kier molecular flexibility index (Phi) is 2.18. The second kappa shape index (κ2) is 3.52. The molecule has 2 N–H and O–H groups in total. The molecule has 0 spiro atoms. The summed E-state index contributed by atoms with van der Waals surface area (Å²) in [6.45, 7) is 1.58. The van der Waals surface area contributed by atoms with Crippen molar-refractivity contribution in [2.24, 2.45) is 0 Å². The van der Waals surface area contributed by atoms with Crippen molar-refractivity contribution in [3.8, 4) is 0 Å². The van der Waals surface area contributed by atoms with Crippen LogP contribution in [0.15, 0.2) is 18.5 Å². The number of hydrogen-bond donors (Lipinski definition) is 2. The molecule has 0 saturated heterocycles. The van der Waals surface area contributed by atoms with Crippen LogP contribution < -0.4 is 11.2 Å². The molecule has 8 heteroatoms. The zero-order chi connectivity index (χ0) is 13.0. The Morgan fingerprint density at radius 2 is 2.06 bits per heavy atom. The molecular weight excluding hydrogens is 309 g/mol. The highest BCUT2D eigenvalue weighted by molar-refractivity contribution is 9.10. The summed E-state index contributed by atoms with van der Waals surface area (Å²) in [5.41, 5.74) is -1.38. The van der Waals surface area contributed by atoms with Gasteiger partial charge in [-0.3, -0.25) is 9.78 Å². The van der Waals surface area contributed by atoms with E-state index in [4.69, 9.17) is 4.42 Å². The molecule has 1 aromatic carbocycles. The molecular formula is C10H5BrFN3O3. The average Bonchev–Trinajstić information content (AvgIpc) is 2.67. The number of oxazole rings is 1. The highest BCUT2D eigenvalue weighted by Crippen LogP contribution is 2.32. The lowest BCUT2D eigenvalue weighted by Gasteiger charge is -2.01. The number of benzene rings is 1. The first-order valence-corrected chi connectivity index (χ1v) is 5.68. The normalized spacial score (nSPS) is 11.5. The number of hydrogen-bond acceptors (Lipinski definition) is 4. The van der Waals surface area contributed by atoms with Gasteiger partial charge in [-0.1, -0.05) is 0 Å². The van der Waals surface area contributed by atoms with Gasteiger partial charge < -0.3 is 9.40 Å². The number of aryl methyl sites for hydroxylation is 1. The fourth-order valence-electron chi connectivity index (χ4n) is 1.83. The van der Waals surface area contributed by atoms with Gasteiger partial charge in [0.15, 0.2) is 17.3 Å². The molecule has 0 atom stereocenters. The van der Waals surface area contributed by atoms with Crippen molar-refractivity contribution < 1.29 is 8.81 Å². The lowest BCUT2D eigenvalue weighted by Crippen LogP contribution is -2.22. The predicted molar refractivity (Wildman–Crippen MR) is 65.2 cm³/mol. The summed E-state index contributed by atoms with van der Waals surface area (Å²) in [4.78, 5) is 31.2. The average molecular weight is 314 g/mol. The third-order valence-electron chi connectivity index (χ3n) is 2.52. The first-order valence-electron chi connectivity index (χ1n) is 4.89. The number of nitrogens with one attached hydrogen (secondary N) is 2. The van der Waals surface area contributed by atoms with Crippen molar-refractivity contribution in [1.29, 1.82) is 0 Å². The maximum Gasteiger partial charge on any atom is 0.326 e. The molecule has 92 valence electrons. The number of fused-ring (bicyclic) bond motifs is 3. The molecule has 2 heterocycles. The third kappa shape index (κ3) is 1.35. The Balaban J connectivity index is 2.78. The monoisotopic (exact) mass is 313 g/mol. The van der Waals surface area contributed by atoms with E-state index in [0.717, 1.165) is 0 Å². The lowest BCUT2D eigenvalue weighted by molar-refractivity contribution is 0.563. The third-order valence-corrected chi connectivity index (χ3v) is 3.25. The van der Waals surface area contributed by atoms with E-state index in [-0.39, 0.29) is 26.5 Å². The van der Waals surface area contributed by atoms with Crippen LogP contribution in [-0.4, -0.2) is 15.0 Å². The van der Waals surface area contributed by atoms with Crippen LogP contribution in [0.3, 0.4) is 0 Å². The minimum Gasteiger partial charge on any atom is -0.440 e. The van der Waals surface area contributed by atoms with Crippen LogP contribution in [0.2, 0.25) is 0 Å². The van der Waals surface area contributed by atoms with E-state index in [1.165, 1.54) is 0 Å². The minimum atomic E-state index is -0.783. The Hall–Kier alpha value is -1.96. The molecule has 0 saturated carbocycles. The molecule has 2 aromatic heterocycles. The SMILES string of the molecule is Cc1nc2c(Br)c(F)c3[nH]c(=O)[nH]c(=O)c3c2o1. The van der Waals surface area contributed by atoms with E-state index in [1.54, 1.807) is 6.92 Å². The predicted octanol–water partition coefficient (Wildman–Crippen LogP) is 1.57. The van der Waals surface area contributed by atoms with Gasteiger partial charge in [0, 0.05) is 6.92 Å². The van der Waals surface area contributed by atoms with Gasteiger partial charge in [0.25, 0.3) is 5.56 Å². The molecule has 0 amide bonds. The number of aromatic nitrogens is 3. The Morgan fingerprint density at radius 1 is 1.33 bits per heavy atom. The quantitative estimate of drug-likeness (QED) is 0.659. The highest BCUT2D eigenvalue weighted by atomic mass is 79.9. The number of H-pyrrole nitrogens is 2. The summed E-state index contributed by atoms with van der Waals surface area (Å²) in [6, 6.07) is 0. The first kappa shape index (κ1) is 11.1. The summed E-state index contributed by atoms with van der Waals surface area (Å²) >= 11 is 3.03. The molecule has 18 heavy (non-hydrogen) atoms. The molecule has 0 unspecified atom stereocenters. The summed E-state index contributed by atoms with van der Waals surface area (Å²) in [5.74, 6) is -0.461. The molecule has 0 aliphatic carbocycles. The van der Waals surface area contributed by atoms with Crippen LogP contribution >= 0.6 is 15.9 Å². The van der Waals surface area contributed by atoms with Gasteiger partial charge in [0.2, 0.25) is 0 Å². The van der Waals surface area contributed by atoms with E-state index in [9.17, 15) is 14.0 Å². The van der Waals surface area contributed by atoms with Crippen LogP contribution in [0.5, 0.6) is 0 Å².